The molecule has 0 spiro atoms. The summed E-state index contributed by atoms with van der Waals surface area (Å²) in [6, 6.07) is 9.26. The Morgan fingerprint density at radius 2 is 1.39 bits per heavy atom. The quantitative estimate of drug-likeness (QED) is 0.429. The van der Waals surface area contributed by atoms with Gasteiger partial charge in [-0.15, -0.1) is 0 Å². The molecular weight excluding hydrogens is 424 g/mol. The molecule has 1 aliphatic heterocycles. The molecule has 0 fully saturated rings. The van der Waals surface area contributed by atoms with E-state index in [9.17, 15) is 25.2 Å². The smallest absolute Gasteiger partial charge is 0.338 e. The minimum Gasteiger partial charge on any atom is -0.508 e. The van der Waals surface area contributed by atoms with Crippen LogP contribution in [0.5, 0.6) is 28.7 Å². The maximum atomic E-state index is 13.0. The summed E-state index contributed by atoms with van der Waals surface area (Å²) in [5.74, 6) is -0.293. The number of aryl methyl sites for hydroxylation is 4. The van der Waals surface area contributed by atoms with Gasteiger partial charge in [0.1, 0.15) is 34.9 Å². The van der Waals surface area contributed by atoms with Crippen LogP contribution in [-0.2, 0) is 11.2 Å². The molecule has 0 saturated heterocycles. The predicted molar refractivity (Wildman–Crippen MR) is 121 cm³/mol. The van der Waals surface area contributed by atoms with Gasteiger partial charge in [-0.1, -0.05) is 0 Å². The third kappa shape index (κ3) is 4.14. The van der Waals surface area contributed by atoms with Crippen LogP contribution >= 0.6 is 0 Å². The summed E-state index contributed by atoms with van der Waals surface area (Å²) in [6.45, 7) is 6.94. The van der Waals surface area contributed by atoms with E-state index in [-0.39, 0.29) is 29.4 Å². The lowest BCUT2D eigenvalue weighted by atomic mass is 9.92. The van der Waals surface area contributed by atoms with Crippen LogP contribution in [0.2, 0.25) is 0 Å². The first kappa shape index (κ1) is 22.3. The molecule has 172 valence electrons. The van der Waals surface area contributed by atoms with Crippen molar-refractivity contribution in [1.29, 1.82) is 0 Å². The van der Waals surface area contributed by atoms with Gasteiger partial charge in [0.15, 0.2) is 6.10 Å². The lowest BCUT2D eigenvalue weighted by Gasteiger charge is -2.34. The van der Waals surface area contributed by atoms with Crippen LogP contribution in [0.4, 0.5) is 0 Å². The van der Waals surface area contributed by atoms with E-state index in [1.165, 1.54) is 12.1 Å². The highest BCUT2D eigenvalue weighted by Gasteiger charge is 2.37. The van der Waals surface area contributed by atoms with E-state index in [0.29, 0.717) is 44.7 Å². The lowest BCUT2D eigenvalue weighted by molar-refractivity contribution is -0.0188. The number of rotatable bonds is 3. The molecule has 7 nitrogen and oxygen atoms in total. The highest BCUT2D eigenvalue weighted by molar-refractivity contribution is 5.90. The molecule has 0 radical (unpaired) electrons. The van der Waals surface area contributed by atoms with Gasteiger partial charge >= 0.3 is 5.97 Å². The average Bonchev–Trinajstić information content (AvgIpc) is 2.75. The molecule has 0 saturated carbocycles. The number of carbonyl (C=O) groups excluding carboxylic acids is 1. The Bertz CT molecular complexity index is 1220. The Morgan fingerprint density at radius 3 is 1.97 bits per heavy atom. The Kier molecular flexibility index (Phi) is 5.57. The monoisotopic (exact) mass is 450 g/mol. The summed E-state index contributed by atoms with van der Waals surface area (Å²) in [6.07, 6.45) is -1.37. The highest BCUT2D eigenvalue weighted by atomic mass is 16.6. The van der Waals surface area contributed by atoms with E-state index in [2.05, 4.69) is 0 Å². The van der Waals surface area contributed by atoms with E-state index >= 15 is 0 Å². The van der Waals surface area contributed by atoms with Gasteiger partial charge in [0.05, 0.1) is 5.56 Å². The van der Waals surface area contributed by atoms with Gasteiger partial charge in [-0.2, -0.15) is 0 Å². The second-order valence-corrected chi connectivity index (χ2v) is 8.59. The zero-order valence-electron chi connectivity index (χ0n) is 18.8. The van der Waals surface area contributed by atoms with Crippen molar-refractivity contribution in [2.45, 2.75) is 46.3 Å². The van der Waals surface area contributed by atoms with Crippen LogP contribution in [-0.4, -0.2) is 32.5 Å². The summed E-state index contributed by atoms with van der Waals surface area (Å²) in [5, 5.41) is 40.5. The molecule has 7 heteroatoms. The van der Waals surface area contributed by atoms with Crippen molar-refractivity contribution in [3.63, 3.8) is 0 Å². The number of hydrogen-bond acceptors (Lipinski definition) is 7. The van der Waals surface area contributed by atoms with Gasteiger partial charge in [-0.25, -0.2) is 4.79 Å². The third-order valence-corrected chi connectivity index (χ3v) is 5.99. The molecule has 33 heavy (non-hydrogen) atoms. The number of phenolic OH excluding ortho intramolecular Hbond substituents is 4. The minimum atomic E-state index is -0.793. The first-order valence-electron chi connectivity index (χ1n) is 10.6. The van der Waals surface area contributed by atoms with Crippen LogP contribution in [0.25, 0.3) is 0 Å². The number of benzene rings is 3. The Morgan fingerprint density at radius 1 is 0.848 bits per heavy atom. The maximum absolute atomic E-state index is 13.0. The standard InChI is InChI=1S/C26H26O7/c1-12-5-16(6-13(2)23(12)29)25-22(11-19-20(28)9-18(27)10-21(19)32-25)33-26(31)17-7-14(3)24(30)15(4)8-17/h5-10,22,25,27-30H,11H2,1-4H3. The van der Waals surface area contributed by atoms with Gasteiger partial charge in [0, 0.05) is 24.1 Å². The summed E-state index contributed by atoms with van der Waals surface area (Å²) >= 11 is 0. The average molecular weight is 450 g/mol. The van der Waals surface area contributed by atoms with E-state index in [0.717, 1.165) is 0 Å². The van der Waals surface area contributed by atoms with Gasteiger partial charge in [-0.05, 0) is 79.8 Å². The van der Waals surface area contributed by atoms with Crippen molar-refractivity contribution in [3.05, 3.63) is 75.3 Å². The largest absolute Gasteiger partial charge is 0.508 e. The van der Waals surface area contributed by atoms with Crippen molar-refractivity contribution in [2.75, 3.05) is 0 Å². The second-order valence-electron chi connectivity index (χ2n) is 8.59. The third-order valence-electron chi connectivity index (χ3n) is 5.99. The van der Waals surface area contributed by atoms with E-state index < -0.39 is 18.2 Å². The fraction of sp³-hybridized carbons (Fsp3) is 0.269. The van der Waals surface area contributed by atoms with E-state index in [4.69, 9.17) is 9.47 Å². The highest BCUT2D eigenvalue weighted by Crippen LogP contribution is 2.43. The van der Waals surface area contributed by atoms with Gasteiger partial charge < -0.3 is 29.9 Å². The molecule has 0 bridgehead atoms. The number of ether oxygens (including phenoxy) is 2. The van der Waals surface area contributed by atoms with Crippen molar-refractivity contribution in [2.24, 2.45) is 0 Å². The van der Waals surface area contributed by atoms with Gasteiger partial charge in [0.2, 0.25) is 0 Å². The normalized spacial score (nSPS) is 17.2. The second kappa shape index (κ2) is 8.24. The molecule has 3 aromatic rings. The molecule has 2 atom stereocenters. The fourth-order valence-electron chi connectivity index (χ4n) is 4.27. The molecule has 0 aliphatic carbocycles. The number of esters is 1. The Hall–Kier alpha value is -3.87. The summed E-state index contributed by atoms with van der Waals surface area (Å²) in [4.78, 5) is 13.0. The zero-order chi connectivity index (χ0) is 24.0. The topological polar surface area (TPSA) is 116 Å². The molecule has 0 amide bonds. The maximum Gasteiger partial charge on any atom is 0.338 e. The Labute approximate surface area is 191 Å². The van der Waals surface area contributed by atoms with Crippen molar-refractivity contribution in [3.8, 4) is 28.7 Å². The zero-order valence-corrected chi connectivity index (χ0v) is 18.8. The molecule has 4 N–H and O–H groups in total. The van der Waals surface area contributed by atoms with Crippen LogP contribution in [0, 0.1) is 27.7 Å². The van der Waals surface area contributed by atoms with Gasteiger partial charge in [-0.3, -0.25) is 0 Å². The number of phenols is 4. The van der Waals surface area contributed by atoms with Crippen LogP contribution < -0.4 is 4.74 Å². The summed E-state index contributed by atoms with van der Waals surface area (Å²) in [7, 11) is 0. The number of carbonyl (C=O) groups is 1. The summed E-state index contributed by atoms with van der Waals surface area (Å²) < 4.78 is 12.0. The molecule has 2 unspecified atom stereocenters. The fourth-order valence-corrected chi connectivity index (χ4v) is 4.27. The predicted octanol–water partition coefficient (Wildman–Crippen LogP) is 4.64. The lowest BCUT2D eigenvalue weighted by Crippen LogP contribution is -2.35. The first-order valence-corrected chi connectivity index (χ1v) is 10.6. The van der Waals surface area contributed by atoms with Crippen molar-refractivity contribution in [1.82, 2.24) is 0 Å². The molecule has 1 heterocycles. The molecule has 4 rings (SSSR count). The molecule has 3 aromatic carbocycles. The van der Waals surface area contributed by atoms with E-state index in [1.54, 1.807) is 52.0 Å². The molecular formula is C26H26O7. The van der Waals surface area contributed by atoms with Crippen molar-refractivity contribution < 1.29 is 34.7 Å². The van der Waals surface area contributed by atoms with Crippen molar-refractivity contribution >= 4 is 5.97 Å². The van der Waals surface area contributed by atoms with Crippen LogP contribution in [0.1, 0.15) is 49.8 Å². The molecule has 1 aliphatic rings. The number of hydrogen-bond donors (Lipinski definition) is 4. The van der Waals surface area contributed by atoms with Crippen LogP contribution in [0.15, 0.2) is 36.4 Å². The van der Waals surface area contributed by atoms with Gasteiger partial charge in [0.25, 0.3) is 0 Å². The molecule has 0 aromatic heterocycles. The SMILES string of the molecule is Cc1cc(C(=O)OC2Cc3c(O)cc(O)cc3OC2c2cc(C)c(O)c(C)c2)cc(C)c1O. The Balaban J connectivity index is 1.75. The minimum absolute atomic E-state index is 0.124. The number of aromatic hydroxyl groups is 4. The first-order chi connectivity index (χ1) is 15.5. The number of fused-ring (bicyclic) bond motifs is 1. The summed E-state index contributed by atoms with van der Waals surface area (Å²) in [5.41, 5.74) is 3.81. The van der Waals surface area contributed by atoms with Crippen LogP contribution in [0.3, 0.4) is 0 Å². The van der Waals surface area contributed by atoms with E-state index in [1.807, 2.05) is 0 Å².